The maximum Gasteiger partial charge on any atom is 0.165 e. The average molecular weight is 164 g/mol. The summed E-state index contributed by atoms with van der Waals surface area (Å²) in [6.45, 7) is 0. The summed E-state index contributed by atoms with van der Waals surface area (Å²) in [5.74, 6) is 2.31. The number of hydrogen-bond donors (Lipinski definition) is 0. The highest BCUT2D eigenvalue weighted by atomic mass is 19.1. The fraction of sp³-hybridized carbons (Fsp3) is 0.200. The van der Waals surface area contributed by atoms with E-state index in [1.807, 2.05) is 0 Å². The number of methoxy groups -OCH3 is 1. The van der Waals surface area contributed by atoms with E-state index >= 15 is 0 Å². The Morgan fingerprint density at radius 1 is 1.58 bits per heavy atom. The third-order valence-corrected chi connectivity index (χ3v) is 1.55. The first-order valence-corrected chi connectivity index (χ1v) is 3.54. The Bertz CT molecular complexity index is 312. The second-order valence-corrected chi connectivity index (χ2v) is 2.31. The van der Waals surface area contributed by atoms with Gasteiger partial charge in [0.05, 0.1) is 7.11 Å². The summed E-state index contributed by atoms with van der Waals surface area (Å²) in [5, 5.41) is 0. The molecule has 0 heterocycles. The van der Waals surface area contributed by atoms with Crippen molar-refractivity contribution in [1.29, 1.82) is 0 Å². The average Bonchev–Trinajstić information content (AvgIpc) is 2.05. The molecule has 0 N–H and O–H groups in total. The number of terminal acetylenes is 1. The molecule has 1 rings (SSSR count). The lowest BCUT2D eigenvalue weighted by Gasteiger charge is -2.05. The highest BCUT2D eigenvalue weighted by Crippen LogP contribution is 2.21. The fourth-order valence-electron chi connectivity index (χ4n) is 1.03. The molecule has 0 aliphatic heterocycles. The molecule has 2 heteroatoms. The van der Waals surface area contributed by atoms with Crippen molar-refractivity contribution in [3.63, 3.8) is 0 Å². The van der Waals surface area contributed by atoms with Gasteiger partial charge in [-0.1, -0.05) is 12.1 Å². The Kier molecular flexibility index (Phi) is 2.71. The van der Waals surface area contributed by atoms with Gasteiger partial charge in [-0.15, -0.1) is 12.3 Å². The van der Waals surface area contributed by atoms with E-state index in [1.54, 1.807) is 12.1 Å². The van der Waals surface area contributed by atoms with Gasteiger partial charge in [0, 0.05) is 12.0 Å². The van der Waals surface area contributed by atoms with E-state index in [1.165, 1.54) is 13.2 Å². The molecule has 62 valence electrons. The number of halogens is 1. The number of ether oxygens (including phenoxy) is 1. The summed E-state index contributed by atoms with van der Waals surface area (Å²) in [5.41, 5.74) is 0.708. The summed E-state index contributed by atoms with van der Waals surface area (Å²) in [7, 11) is 1.43. The van der Waals surface area contributed by atoms with Gasteiger partial charge < -0.3 is 4.74 Å². The van der Waals surface area contributed by atoms with E-state index < -0.39 is 0 Å². The number of para-hydroxylation sites is 1. The first-order chi connectivity index (χ1) is 5.79. The Morgan fingerprint density at radius 2 is 2.33 bits per heavy atom. The van der Waals surface area contributed by atoms with Crippen molar-refractivity contribution in [3.05, 3.63) is 29.6 Å². The highest BCUT2D eigenvalue weighted by Gasteiger charge is 2.06. The van der Waals surface area contributed by atoms with Crippen LogP contribution >= 0.6 is 0 Å². The molecule has 0 spiro atoms. The number of rotatable bonds is 2. The predicted molar refractivity (Wildman–Crippen MR) is 45.5 cm³/mol. The summed E-state index contributed by atoms with van der Waals surface area (Å²) >= 11 is 0. The highest BCUT2D eigenvalue weighted by molar-refractivity contribution is 5.36. The van der Waals surface area contributed by atoms with Crippen LogP contribution in [0.1, 0.15) is 5.56 Å². The van der Waals surface area contributed by atoms with E-state index in [-0.39, 0.29) is 11.6 Å². The largest absolute Gasteiger partial charge is 0.493 e. The fourth-order valence-corrected chi connectivity index (χ4v) is 1.03. The molecule has 0 aromatic heterocycles. The van der Waals surface area contributed by atoms with Crippen molar-refractivity contribution < 1.29 is 9.13 Å². The third-order valence-electron chi connectivity index (χ3n) is 1.55. The van der Waals surface area contributed by atoms with Crippen LogP contribution < -0.4 is 4.74 Å². The monoisotopic (exact) mass is 164 g/mol. The van der Waals surface area contributed by atoms with Gasteiger partial charge in [0.25, 0.3) is 0 Å². The second-order valence-electron chi connectivity index (χ2n) is 2.31. The zero-order valence-electron chi connectivity index (χ0n) is 6.80. The molecule has 1 nitrogen and oxygen atoms in total. The Hall–Kier alpha value is -1.49. The molecule has 0 atom stereocenters. The minimum atomic E-state index is -0.370. The van der Waals surface area contributed by atoms with Crippen molar-refractivity contribution in [3.8, 4) is 18.1 Å². The summed E-state index contributed by atoms with van der Waals surface area (Å²) in [4.78, 5) is 0. The summed E-state index contributed by atoms with van der Waals surface area (Å²) < 4.78 is 17.8. The van der Waals surface area contributed by atoms with Gasteiger partial charge in [-0.25, -0.2) is 4.39 Å². The molecular weight excluding hydrogens is 155 g/mol. The second kappa shape index (κ2) is 3.77. The van der Waals surface area contributed by atoms with Gasteiger partial charge in [-0.2, -0.15) is 0 Å². The van der Waals surface area contributed by atoms with E-state index in [9.17, 15) is 4.39 Å². The van der Waals surface area contributed by atoms with Gasteiger partial charge >= 0.3 is 0 Å². The van der Waals surface area contributed by atoms with E-state index in [0.717, 1.165) is 0 Å². The summed E-state index contributed by atoms with van der Waals surface area (Å²) in [6.07, 6.45) is 5.50. The van der Waals surface area contributed by atoms with E-state index in [0.29, 0.717) is 12.0 Å². The number of hydrogen-bond acceptors (Lipinski definition) is 1. The van der Waals surface area contributed by atoms with E-state index in [4.69, 9.17) is 11.2 Å². The van der Waals surface area contributed by atoms with E-state index in [2.05, 4.69) is 5.92 Å². The molecule has 0 amide bonds. The van der Waals surface area contributed by atoms with Crippen LogP contribution in [0.4, 0.5) is 4.39 Å². The molecule has 0 saturated carbocycles. The molecular formula is C10H9FO. The van der Waals surface area contributed by atoms with Crippen LogP contribution in [-0.4, -0.2) is 7.11 Å². The standard InChI is InChI=1S/C10H9FO/c1-3-5-8-6-4-7-9(11)10(8)12-2/h1,4,6-7H,5H2,2H3. The maximum absolute atomic E-state index is 13.0. The lowest BCUT2D eigenvalue weighted by Crippen LogP contribution is -1.93. The molecule has 0 bridgehead atoms. The van der Waals surface area contributed by atoms with Gasteiger partial charge in [0.2, 0.25) is 0 Å². The van der Waals surface area contributed by atoms with Crippen LogP contribution in [0.2, 0.25) is 0 Å². The minimum Gasteiger partial charge on any atom is -0.493 e. The van der Waals surface area contributed by atoms with Crippen molar-refractivity contribution in [2.45, 2.75) is 6.42 Å². The zero-order chi connectivity index (χ0) is 8.97. The van der Waals surface area contributed by atoms with Crippen LogP contribution in [0.15, 0.2) is 18.2 Å². The summed E-state index contributed by atoms with van der Waals surface area (Å²) in [6, 6.07) is 4.71. The molecule has 0 aliphatic rings. The molecule has 0 fully saturated rings. The first-order valence-electron chi connectivity index (χ1n) is 3.54. The van der Waals surface area contributed by atoms with Crippen LogP contribution in [0.25, 0.3) is 0 Å². The Morgan fingerprint density at radius 3 is 2.92 bits per heavy atom. The number of benzene rings is 1. The minimum absolute atomic E-state index is 0.246. The third kappa shape index (κ3) is 1.57. The zero-order valence-corrected chi connectivity index (χ0v) is 6.80. The molecule has 0 radical (unpaired) electrons. The van der Waals surface area contributed by atoms with Crippen LogP contribution in [-0.2, 0) is 6.42 Å². The van der Waals surface area contributed by atoms with Crippen molar-refractivity contribution in [2.75, 3.05) is 7.11 Å². The van der Waals surface area contributed by atoms with Gasteiger partial charge in [0.15, 0.2) is 11.6 Å². The molecule has 0 unspecified atom stereocenters. The molecule has 12 heavy (non-hydrogen) atoms. The van der Waals surface area contributed by atoms with Crippen molar-refractivity contribution in [2.24, 2.45) is 0 Å². The normalized spacial score (nSPS) is 9.08. The lowest BCUT2D eigenvalue weighted by atomic mass is 10.1. The van der Waals surface area contributed by atoms with Gasteiger partial charge in [-0.05, 0) is 6.07 Å². The Labute approximate surface area is 71.2 Å². The SMILES string of the molecule is C#CCc1cccc(F)c1OC. The molecule has 0 saturated heterocycles. The smallest absolute Gasteiger partial charge is 0.165 e. The molecule has 1 aromatic rings. The first kappa shape index (κ1) is 8.61. The quantitative estimate of drug-likeness (QED) is 0.607. The molecule has 1 aromatic carbocycles. The van der Waals surface area contributed by atoms with Gasteiger partial charge in [0.1, 0.15) is 0 Å². The molecule has 0 aliphatic carbocycles. The maximum atomic E-state index is 13.0. The van der Waals surface area contributed by atoms with Gasteiger partial charge in [-0.3, -0.25) is 0 Å². The van der Waals surface area contributed by atoms with Crippen molar-refractivity contribution >= 4 is 0 Å². The van der Waals surface area contributed by atoms with Crippen molar-refractivity contribution in [1.82, 2.24) is 0 Å². The topological polar surface area (TPSA) is 9.23 Å². The lowest BCUT2D eigenvalue weighted by molar-refractivity contribution is 0.382. The Balaban J connectivity index is 3.11. The van der Waals surface area contributed by atoms with Crippen LogP contribution in [0.3, 0.4) is 0 Å². The predicted octanol–water partition coefficient (Wildman–Crippen LogP) is 2.01. The van der Waals surface area contributed by atoms with Crippen LogP contribution in [0, 0.1) is 18.2 Å². The van der Waals surface area contributed by atoms with Crippen LogP contribution in [0.5, 0.6) is 5.75 Å².